The summed E-state index contributed by atoms with van der Waals surface area (Å²) in [6, 6.07) is 0. The summed E-state index contributed by atoms with van der Waals surface area (Å²) >= 11 is 0. The Balaban J connectivity index is 2.65. The largest absolute Gasteiger partial charge is 0.480 e. The van der Waals surface area contributed by atoms with Gasteiger partial charge in [-0.2, -0.15) is 0 Å². The van der Waals surface area contributed by atoms with E-state index in [2.05, 4.69) is 0 Å². The number of hydrogen-bond donors (Lipinski definition) is 3. The highest BCUT2D eigenvalue weighted by Crippen LogP contribution is 2.38. The summed E-state index contributed by atoms with van der Waals surface area (Å²) in [6.45, 7) is -0.465. The van der Waals surface area contributed by atoms with E-state index >= 15 is 0 Å². The van der Waals surface area contributed by atoms with Crippen LogP contribution < -0.4 is 5.73 Å². The van der Waals surface area contributed by atoms with E-state index in [0.29, 0.717) is 0 Å². The molecule has 0 amide bonds. The predicted molar refractivity (Wildman–Crippen MR) is 34.4 cm³/mol. The van der Waals surface area contributed by atoms with Crippen LogP contribution in [0.3, 0.4) is 0 Å². The summed E-state index contributed by atoms with van der Waals surface area (Å²) in [7, 11) is 0. The van der Waals surface area contributed by atoms with Crippen LogP contribution in [0.1, 0.15) is 12.8 Å². The molecule has 0 aromatic carbocycles. The highest BCUT2D eigenvalue weighted by molar-refractivity contribution is 5.79. The Kier molecular flexibility index (Phi) is 1.66. The highest BCUT2D eigenvalue weighted by atomic mass is 16.4. The van der Waals surface area contributed by atoms with Crippen LogP contribution in [0.5, 0.6) is 0 Å². The molecule has 0 heterocycles. The lowest BCUT2D eigenvalue weighted by atomic mass is 9.96. The molecule has 10 heavy (non-hydrogen) atoms. The molecule has 0 spiro atoms. The zero-order valence-electron chi connectivity index (χ0n) is 5.58. The van der Waals surface area contributed by atoms with Gasteiger partial charge in [-0.3, -0.25) is 4.79 Å². The molecule has 1 saturated carbocycles. The minimum absolute atomic E-state index is 0.0185. The van der Waals surface area contributed by atoms with Crippen molar-refractivity contribution in [1.82, 2.24) is 0 Å². The average molecular weight is 145 g/mol. The van der Waals surface area contributed by atoms with Crippen molar-refractivity contribution >= 4 is 5.97 Å². The first-order valence-corrected chi connectivity index (χ1v) is 3.24. The lowest BCUT2D eigenvalue weighted by Gasteiger charge is -2.20. The molecule has 1 unspecified atom stereocenters. The molecule has 1 aliphatic rings. The number of aliphatic hydroxyl groups excluding tert-OH is 1. The minimum atomic E-state index is -1.37. The Morgan fingerprint density at radius 3 is 2.30 bits per heavy atom. The maximum Gasteiger partial charge on any atom is 0.326 e. The van der Waals surface area contributed by atoms with Crippen molar-refractivity contribution in [3.05, 3.63) is 0 Å². The molecule has 0 aromatic heterocycles. The summed E-state index contributed by atoms with van der Waals surface area (Å²) in [5.74, 6) is -1.12. The molecule has 1 aliphatic carbocycles. The van der Waals surface area contributed by atoms with E-state index in [-0.39, 0.29) is 5.92 Å². The molecule has 0 bridgehead atoms. The fourth-order valence-electron chi connectivity index (χ4n) is 0.970. The van der Waals surface area contributed by atoms with Gasteiger partial charge in [0.25, 0.3) is 0 Å². The second-order valence-corrected chi connectivity index (χ2v) is 2.78. The fourth-order valence-corrected chi connectivity index (χ4v) is 0.970. The minimum Gasteiger partial charge on any atom is -0.480 e. The Hall–Kier alpha value is -0.610. The quantitative estimate of drug-likeness (QED) is 0.484. The molecule has 4 heteroatoms. The van der Waals surface area contributed by atoms with Crippen molar-refractivity contribution in [2.75, 3.05) is 6.61 Å². The standard InChI is InChI=1S/C6H11NO3/c7-6(3-8,5(9)10)4-1-2-4/h4,8H,1-3,7H2,(H,9,10). The molecule has 4 N–H and O–H groups in total. The summed E-state index contributed by atoms with van der Waals surface area (Å²) in [4.78, 5) is 10.4. The molecule has 1 atom stereocenters. The Labute approximate surface area is 58.6 Å². The summed E-state index contributed by atoms with van der Waals surface area (Å²) in [5, 5.41) is 17.2. The van der Waals surface area contributed by atoms with Gasteiger partial charge in [-0.1, -0.05) is 0 Å². The van der Waals surface area contributed by atoms with Crippen molar-refractivity contribution in [3.63, 3.8) is 0 Å². The number of carboxylic acid groups (broad SMARTS) is 1. The molecule has 0 saturated heterocycles. The SMILES string of the molecule is NC(CO)(C(=O)O)C1CC1. The Morgan fingerprint density at radius 2 is 2.20 bits per heavy atom. The predicted octanol–water partition coefficient (Wildman–Crippen LogP) is -0.829. The molecule has 4 nitrogen and oxygen atoms in total. The van der Waals surface area contributed by atoms with Gasteiger partial charge in [0.2, 0.25) is 0 Å². The van der Waals surface area contributed by atoms with Gasteiger partial charge in [-0.25, -0.2) is 0 Å². The molecular formula is C6H11NO3. The number of nitrogens with two attached hydrogens (primary N) is 1. The van der Waals surface area contributed by atoms with E-state index in [9.17, 15) is 4.79 Å². The number of hydrogen-bond acceptors (Lipinski definition) is 3. The molecular weight excluding hydrogens is 134 g/mol. The van der Waals surface area contributed by atoms with E-state index in [4.69, 9.17) is 15.9 Å². The van der Waals surface area contributed by atoms with Crippen molar-refractivity contribution in [2.45, 2.75) is 18.4 Å². The van der Waals surface area contributed by atoms with E-state index in [1.54, 1.807) is 0 Å². The molecule has 0 aromatic rings. The summed E-state index contributed by atoms with van der Waals surface area (Å²) < 4.78 is 0. The smallest absolute Gasteiger partial charge is 0.326 e. The normalized spacial score (nSPS) is 23.8. The molecule has 1 rings (SSSR count). The van der Waals surface area contributed by atoms with Gasteiger partial charge in [0, 0.05) is 0 Å². The van der Waals surface area contributed by atoms with Crippen LogP contribution in [0.25, 0.3) is 0 Å². The maximum absolute atomic E-state index is 10.4. The first-order chi connectivity index (χ1) is 4.61. The average Bonchev–Trinajstić information content (AvgIpc) is 2.67. The third-order valence-electron chi connectivity index (χ3n) is 1.97. The van der Waals surface area contributed by atoms with Gasteiger partial charge in [0.05, 0.1) is 6.61 Å². The summed E-state index contributed by atoms with van der Waals surface area (Å²) in [5.41, 5.74) is 4.02. The zero-order valence-corrected chi connectivity index (χ0v) is 5.58. The van der Waals surface area contributed by atoms with Crippen LogP contribution in [-0.2, 0) is 4.79 Å². The second kappa shape index (κ2) is 2.21. The first kappa shape index (κ1) is 7.50. The third kappa shape index (κ3) is 0.998. The van der Waals surface area contributed by atoms with Crippen LogP contribution in [-0.4, -0.2) is 28.3 Å². The van der Waals surface area contributed by atoms with Gasteiger partial charge >= 0.3 is 5.97 Å². The van der Waals surface area contributed by atoms with E-state index in [1.165, 1.54) is 0 Å². The topological polar surface area (TPSA) is 83.5 Å². The third-order valence-corrected chi connectivity index (χ3v) is 1.97. The maximum atomic E-state index is 10.4. The van der Waals surface area contributed by atoms with Crippen LogP contribution in [0, 0.1) is 5.92 Å². The van der Waals surface area contributed by atoms with Crippen LogP contribution >= 0.6 is 0 Å². The van der Waals surface area contributed by atoms with Crippen LogP contribution in [0.4, 0.5) is 0 Å². The van der Waals surface area contributed by atoms with Crippen molar-refractivity contribution in [2.24, 2.45) is 11.7 Å². The van der Waals surface area contributed by atoms with Gasteiger partial charge in [-0.05, 0) is 18.8 Å². The number of aliphatic hydroxyl groups is 1. The number of aliphatic carboxylic acids is 1. The van der Waals surface area contributed by atoms with Crippen molar-refractivity contribution in [1.29, 1.82) is 0 Å². The zero-order chi connectivity index (χ0) is 7.78. The first-order valence-electron chi connectivity index (χ1n) is 3.24. The van der Waals surface area contributed by atoms with E-state index < -0.39 is 18.1 Å². The van der Waals surface area contributed by atoms with Crippen LogP contribution in [0.2, 0.25) is 0 Å². The lowest BCUT2D eigenvalue weighted by Crippen LogP contribution is -2.53. The number of carbonyl (C=O) groups is 1. The Morgan fingerprint density at radius 1 is 1.70 bits per heavy atom. The molecule has 0 aliphatic heterocycles. The number of carboxylic acids is 1. The summed E-state index contributed by atoms with van der Waals surface area (Å²) in [6.07, 6.45) is 1.65. The lowest BCUT2D eigenvalue weighted by molar-refractivity contribution is -0.145. The van der Waals surface area contributed by atoms with Crippen molar-refractivity contribution < 1.29 is 15.0 Å². The van der Waals surface area contributed by atoms with Crippen LogP contribution in [0.15, 0.2) is 0 Å². The van der Waals surface area contributed by atoms with Gasteiger partial charge in [-0.15, -0.1) is 0 Å². The highest BCUT2D eigenvalue weighted by Gasteiger charge is 2.47. The Bertz CT molecular complexity index is 155. The monoisotopic (exact) mass is 145 g/mol. The van der Waals surface area contributed by atoms with E-state index in [1.807, 2.05) is 0 Å². The fraction of sp³-hybridized carbons (Fsp3) is 0.833. The van der Waals surface area contributed by atoms with Gasteiger partial charge in [0.1, 0.15) is 5.54 Å². The molecule has 1 fully saturated rings. The number of rotatable bonds is 3. The van der Waals surface area contributed by atoms with Gasteiger partial charge < -0.3 is 15.9 Å². The molecule has 58 valence electrons. The van der Waals surface area contributed by atoms with Gasteiger partial charge in [0.15, 0.2) is 0 Å². The second-order valence-electron chi connectivity index (χ2n) is 2.78. The molecule has 0 radical (unpaired) electrons. The van der Waals surface area contributed by atoms with E-state index in [0.717, 1.165) is 12.8 Å². The van der Waals surface area contributed by atoms with Crippen molar-refractivity contribution in [3.8, 4) is 0 Å².